The van der Waals surface area contributed by atoms with Gasteiger partial charge in [0.05, 0.1) is 0 Å². The highest BCUT2D eigenvalue weighted by Crippen LogP contribution is 2.35. The summed E-state index contributed by atoms with van der Waals surface area (Å²) in [6.45, 7) is 9.81. The zero-order valence-corrected chi connectivity index (χ0v) is 14.0. The maximum atomic E-state index is 4.59. The van der Waals surface area contributed by atoms with Gasteiger partial charge in [0.25, 0.3) is 0 Å². The van der Waals surface area contributed by atoms with E-state index in [0.717, 1.165) is 29.0 Å². The highest BCUT2D eigenvalue weighted by atomic mass is 32.2. The first-order valence-electron chi connectivity index (χ1n) is 7.80. The molecule has 0 amide bonds. The molecule has 1 aliphatic rings. The van der Waals surface area contributed by atoms with E-state index in [4.69, 9.17) is 0 Å². The molecule has 20 heavy (non-hydrogen) atoms. The van der Waals surface area contributed by atoms with E-state index in [0.29, 0.717) is 11.3 Å². The van der Waals surface area contributed by atoms with Crippen molar-refractivity contribution < 1.29 is 0 Å². The highest BCUT2D eigenvalue weighted by Gasteiger charge is 2.29. The fraction of sp³-hybridized carbons (Fsp3) is 0.750. The lowest BCUT2D eigenvalue weighted by molar-refractivity contribution is 0.317. The number of nitrogens with zero attached hydrogens (tertiary/aromatic N) is 2. The molecule has 112 valence electrons. The Morgan fingerprint density at radius 2 is 1.95 bits per heavy atom. The fourth-order valence-electron chi connectivity index (χ4n) is 2.90. The lowest BCUT2D eigenvalue weighted by Crippen LogP contribution is -2.42. The van der Waals surface area contributed by atoms with Crippen LogP contribution in [0.1, 0.15) is 50.9 Å². The van der Waals surface area contributed by atoms with Gasteiger partial charge in [-0.1, -0.05) is 25.6 Å². The summed E-state index contributed by atoms with van der Waals surface area (Å²) in [5.74, 6) is 0.818. The summed E-state index contributed by atoms with van der Waals surface area (Å²) >= 11 is 1.87. The lowest BCUT2D eigenvalue weighted by atomic mass is 9.87. The molecule has 1 aliphatic carbocycles. The summed E-state index contributed by atoms with van der Waals surface area (Å²) in [5.41, 5.74) is 2.14. The van der Waals surface area contributed by atoms with Crippen molar-refractivity contribution in [3.8, 4) is 0 Å². The first kappa shape index (κ1) is 15.8. The van der Waals surface area contributed by atoms with E-state index in [9.17, 15) is 0 Å². The van der Waals surface area contributed by atoms with Crippen LogP contribution in [0.5, 0.6) is 0 Å². The summed E-state index contributed by atoms with van der Waals surface area (Å²) in [5, 5.41) is 5.27. The van der Waals surface area contributed by atoms with Crippen molar-refractivity contribution in [3.05, 3.63) is 17.5 Å². The number of hydrogen-bond donors (Lipinski definition) is 1. The van der Waals surface area contributed by atoms with Gasteiger partial charge < -0.3 is 5.32 Å². The Morgan fingerprint density at radius 3 is 2.60 bits per heavy atom. The molecule has 0 spiro atoms. The molecule has 3 unspecified atom stereocenters. The van der Waals surface area contributed by atoms with E-state index in [-0.39, 0.29) is 0 Å². The van der Waals surface area contributed by atoms with Gasteiger partial charge in [0.15, 0.2) is 5.16 Å². The molecule has 0 saturated heterocycles. The van der Waals surface area contributed by atoms with Crippen molar-refractivity contribution >= 4 is 11.8 Å². The molecule has 1 aromatic heterocycles. The number of thioether (sulfide) groups is 1. The molecule has 3 nitrogen and oxygen atoms in total. The molecule has 1 heterocycles. The Labute approximate surface area is 127 Å². The minimum Gasteiger partial charge on any atom is -0.313 e. The predicted molar refractivity (Wildman–Crippen MR) is 86.2 cm³/mol. The Kier molecular flexibility index (Phi) is 5.85. The van der Waals surface area contributed by atoms with Crippen LogP contribution >= 0.6 is 11.8 Å². The van der Waals surface area contributed by atoms with Crippen molar-refractivity contribution in [1.82, 2.24) is 15.3 Å². The molecular formula is C16H27N3S. The summed E-state index contributed by atoms with van der Waals surface area (Å²) in [6.07, 6.45) is 5.08. The summed E-state index contributed by atoms with van der Waals surface area (Å²) in [7, 11) is 0. The molecule has 3 atom stereocenters. The first-order valence-corrected chi connectivity index (χ1v) is 8.68. The van der Waals surface area contributed by atoms with Crippen LogP contribution in [0.15, 0.2) is 11.2 Å². The third kappa shape index (κ3) is 4.45. The van der Waals surface area contributed by atoms with Gasteiger partial charge in [-0.2, -0.15) is 0 Å². The van der Waals surface area contributed by atoms with Gasteiger partial charge in [-0.15, -0.1) is 0 Å². The number of rotatable bonds is 5. The molecule has 0 radical (unpaired) electrons. The van der Waals surface area contributed by atoms with Gasteiger partial charge in [0, 0.05) is 22.7 Å². The number of aryl methyl sites for hydroxylation is 2. The minimum absolute atomic E-state index is 0.603. The van der Waals surface area contributed by atoms with Gasteiger partial charge in [-0.3, -0.25) is 0 Å². The second kappa shape index (κ2) is 7.41. The molecule has 1 saturated carbocycles. The average molecular weight is 293 g/mol. The number of aromatic nitrogens is 2. The summed E-state index contributed by atoms with van der Waals surface area (Å²) in [4.78, 5) is 9.18. The molecule has 0 aromatic carbocycles. The molecule has 1 N–H and O–H groups in total. The van der Waals surface area contributed by atoms with Crippen molar-refractivity contribution in [1.29, 1.82) is 0 Å². The smallest absolute Gasteiger partial charge is 0.188 e. The minimum atomic E-state index is 0.603. The van der Waals surface area contributed by atoms with Crippen LogP contribution in [0.4, 0.5) is 0 Å². The molecule has 0 bridgehead atoms. The Morgan fingerprint density at radius 1 is 1.25 bits per heavy atom. The monoisotopic (exact) mass is 293 g/mol. The van der Waals surface area contributed by atoms with Gasteiger partial charge in [0.1, 0.15) is 0 Å². The third-order valence-corrected chi connectivity index (χ3v) is 5.15. The second-order valence-corrected chi connectivity index (χ2v) is 7.27. The number of hydrogen-bond acceptors (Lipinski definition) is 4. The van der Waals surface area contributed by atoms with Crippen LogP contribution in [0.3, 0.4) is 0 Å². The Bertz CT molecular complexity index is 413. The van der Waals surface area contributed by atoms with Crippen LogP contribution < -0.4 is 5.32 Å². The normalized spacial score (nSPS) is 26.7. The maximum absolute atomic E-state index is 4.59. The third-order valence-electron chi connectivity index (χ3n) is 3.93. The molecule has 2 rings (SSSR count). The SMILES string of the molecule is CCCNC1CCC(C)CC1Sc1nc(C)cc(C)n1. The van der Waals surface area contributed by atoms with E-state index in [1.54, 1.807) is 0 Å². The fourth-order valence-corrected chi connectivity index (χ4v) is 4.39. The van der Waals surface area contributed by atoms with Crippen molar-refractivity contribution in [2.75, 3.05) is 6.54 Å². The largest absolute Gasteiger partial charge is 0.313 e. The van der Waals surface area contributed by atoms with E-state index < -0.39 is 0 Å². The standard InChI is InChI=1S/C16H27N3S/c1-5-8-17-14-7-6-11(2)9-15(14)20-16-18-12(3)10-13(4)19-16/h10-11,14-15,17H,5-9H2,1-4H3. The highest BCUT2D eigenvalue weighted by molar-refractivity contribution is 7.99. The lowest BCUT2D eigenvalue weighted by Gasteiger charge is -2.34. The molecule has 1 fully saturated rings. The molecule has 0 aliphatic heterocycles. The quantitative estimate of drug-likeness (QED) is 0.839. The van der Waals surface area contributed by atoms with Gasteiger partial charge >= 0.3 is 0 Å². The first-order chi connectivity index (χ1) is 9.58. The van der Waals surface area contributed by atoms with Crippen LogP contribution in [0.25, 0.3) is 0 Å². The number of nitrogens with one attached hydrogen (secondary N) is 1. The van der Waals surface area contributed by atoms with Crippen molar-refractivity contribution in [2.24, 2.45) is 5.92 Å². The summed E-state index contributed by atoms with van der Waals surface area (Å²) < 4.78 is 0. The zero-order chi connectivity index (χ0) is 14.5. The molecular weight excluding hydrogens is 266 g/mol. The van der Waals surface area contributed by atoms with E-state index in [1.807, 2.05) is 17.8 Å². The van der Waals surface area contributed by atoms with Crippen molar-refractivity contribution in [3.63, 3.8) is 0 Å². The zero-order valence-electron chi connectivity index (χ0n) is 13.1. The predicted octanol–water partition coefficient (Wildman–Crippen LogP) is 3.74. The van der Waals surface area contributed by atoms with Crippen LogP contribution in [-0.2, 0) is 0 Å². The van der Waals surface area contributed by atoms with Crippen LogP contribution in [-0.4, -0.2) is 27.8 Å². The van der Waals surface area contributed by atoms with E-state index in [2.05, 4.69) is 43.0 Å². The van der Waals surface area contributed by atoms with E-state index >= 15 is 0 Å². The second-order valence-electron chi connectivity index (χ2n) is 6.07. The summed E-state index contributed by atoms with van der Waals surface area (Å²) in [6, 6.07) is 2.65. The Balaban J connectivity index is 2.06. The van der Waals surface area contributed by atoms with Gasteiger partial charge in [0.2, 0.25) is 0 Å². The molecule has 4 heteroatoms. The van der Waals surface area contributed by atoms with Gasteiger partial charge in [-0.05, 0) is 58.1 Å². The van der Waals surface area contributed by atoms with Crippen LogP contribution in [0, 0.1) is 19.8 Å². The maximum Gasteiger partial charge on any atom is 0.188 e. The topological polar surface area (TPSA) is 37.8 Å². The van der Waals surface area contributed by atoms with Crippen LogP contribution in [0.2, 0.25) is 0 Å². The van der Waals surface area contributed by atoms with Gasteiger partial charge in [-0.25, -0.2) is 9.97 Å². The Hall–Kier alpha value is -0.610. The van der Waals surface area contributed by atoms with Crippen molar-refractivity contribution in [2.45, 2.75) is 69.8 Å². The average Bonchev–Trinajstić information content (AvgIpc) is 2.36. The molecule has 1 aromatic rings. The van der Waals surface area contributed by atoms with E-state index in [1.165, 1.54) is 25.7 Å².